The van der Waals surface area contributed by atoms with Crippen molar-refractivity contribution in [3.8, 4) is 0 Å². The molecule has 0 spiro atoms. The van der Waals surface area contributed by atoms with Crippen LogP contribution in [0.25, 0.3) is 0 Å². The van der Waals surface area contributed by atoms with E-state index in [0.29, 0.717) is 12.0 Å². The summed E-state index contributed by atoms with van der Waals surface area (Å²) in [5.41, 5.74) is 4.89. The van der Waals surface area contributed by atoms with Crippen molar-refractivity contribution in [3.05, 3.63) is 92.1 Å². The number of hydrogen-bond acceptors (Lipinski definition) is 4. The minimum atomic E-state index is -4.49. The van der Waals surface area contributed by atoms with Crippen molar-refractivity contribution in [1.82, 2.24) is 9.55 Å². The molecule has 3 N–H and O–H groups in total. The molecular weight excluding hydrogens is 461 g/mol. The average molecular weight is 489 g/mol. The van der Waals surface area contributed by atoms with E-state index < -0.39 is 28.9 Å². The standard InChI is InChI=1S/C25H27F3N4O3/c1-16(2)12-13-31(20(33)14-17-8-10-19(11-9-17)25(26,27)28)21-22(29)32(24(35)30-23(21)34)15-18-6-4-3-5-7-18/h3-11,16H,12-15,29H2,1-2H3,(H,30,34,35). The first kappa shape index (κ1) is 25.8. The summed E-state index contributed by atoms with van der Waals surface area (Å²) in [6.45, 7) is 4.12. The van der Waals surface area contributed by atoms with Crippen LogP contribution in [-0.2, 0) is 23.9 Å². The largest absolute Gasteiger partial charge is 0.416 e. The molecule has 7 nitrogen and oxygen atoms in total. The summed E-state index contributed by atoms with van der Waals surface area (Å²) in [4.78, 5) is 42.0. The lowest BCUT2D eigenvalue weighted by atomic mass is 10.1. The highest BCUT2D eigenvalue weighted by Crippen LogP contribution is 2.29. The predicted octanol–water partition coefficient (Wildman–Crippen LogP) is 3.81. The van der Waals surface area contributed by atoms with Crippen LogP contribution in [-0.4, -0.2) is 22.0 Å². The van der Waals surface area contributed by atoms with Gasteiger partial charge in [0.1, 0.15) is 5.82 Å². The van der Waals surface area contributed by atoms with Crippen LogP contribution in [0.15, 0.2) is 64.2 Å². The molecule has 0 aliphatic rings. The van der Waals surface area contributed by atoms with Gasteiger partial charge < -0.3 is 10.6 Å². The molecule has 1 heterocycles. The van der Waals surface area contributed by atoms with E-state index in [4.69, 9.17) is 5.73 Å². The van der Waals surface area contributed by atoms with E-state index in [1.165, 1.54) is 21.6 Å². The Morgan fingerprint density at radius 2 is 1.66 bits per heavy atom. The van der Waals surface area contributed by atoms with Crippen LogP contribution in [0.3, 0.4) is 0 Å². The lowest BCUT2D eigenvalue weighted by molar-refractivity contribution is -0.137. The van der Waals surface area contributed by atoms with Gasteiger partial charge in [-0.25, -0.2) is 4.79 Å². The summed E-state index contributed by atoms with van der Waals surface area (Å²) in [6.07, 6.45) is -4.19. The number of carbonyl (C=O) groups is 1. The van der Waals surface area contributed by atoms with Gasteiger partial charge in [0, 0.05) is 6.54 Å². The number of nitrogen functional groups attached to an aromatic ring is 1. The van der Waals surface area contributed by atoms with Crippen LogP contribution in [0.2, 0.25) is 0 Å². The third kappa shape index (κ3) is 6.40. The Kier molecular flexibility index (Phi) is 7.83. The van der Waals surface area contributed by atoms with Gasteiger partial charge in [-0.15, -0.1) is 0 Å². The maximum atomic E-state index is 13.3. The number of nitrogens with two attached hydrogens (primary N) is 1. The highest BCUT2D eigenvalue weighted by atomic mass is 19.4. The third-order valence-electron chi connectivity index (χ3n) is 5.54. The van der Waals surface area contributed by atoms with Gasteiger partial charge in [-0.2, -0.15) is 13.2 Å². The van der Waals surface area contributed by atoms with Crippen molar-refractivity contribution in [2.75, 3.05) is 17.2 Å². The summed E-state index contributed by atoms with van der Waals surface area (Å²) in [5, 5.41) is 0. The zero-order valence-electron chi connectivity index (χ0n) is 19.4. The molecule has 35 heavy (non-hydrogen) atoms. The number of nitrogens with one attached hydrogen (secondary N) is 1. The van der Waals surface area contributed by atoms with E-state index in [1.54, 1.807) is 24.3 Å². The molecule has 0 saturated carbocycles. The van der Waals surface area contributed by atoms with Crippen LogP contribution < -0.4 is 21.9 Å². The maximum absolute atomic E-state index is 13.3. The van der Waals surface area contributed by atoms with E-state index in [1.807, 2.05) is 19.9 Å². The van der Waals surface area contributed by atoms with Crippen molar-refractivity contribution in [3.63, 3.8) is 0 Å². The zero-order chi connectivity index (χ0) is 25.8. The van der Waals surface area contributed by atoms with E-state index in [9.17, 15) is 27.6 Å². The summed E-state index contributed by atoms with van der Waals surface area (Å²) >= 11 is 0. The van der Waals surface area contributed by atoms with Gasteiger partial charge in [-0.1, -0.05) is 56.3 Å². The number of anilines is 2. The van der Waals surface area contributed by atoms with E-state index in [-0.39, 0.29) is 36.9 Å². The second-order valence-corrected chi connectivity index (χ2v) is 8.66. The number of H-pyrrole nitrogens is 1. The van der Waals surface area contributed by atoms with Crippen molar-refractivity contribution in [1.29, 1.82) is 0 Å². The Labute approximate surface area is 200 Å². The number of amides is 1. The molecule has 0 fully saturated rings. The van der Waals surface area contributed by atoms with E-state index in [0.717, 1.165) is 17.7 Å². The number of carbonyl (C=O) groups excluding carboxylic acids is 1. The number of aromatic amines is 1. The molecular formula is C25H27F3N4O3. The summed E-state index contributed by atoms with van der Waals surface area (Å²) in [5.74, 6) is -0.494. The molecule has 0 radical (unpaired) electrons. The smallest absolute Gasteiger partial charge is 0.383 e. The fourth-order valence-electron chi connectivity index (χ4n) is 3.59. The molecule has 0 bridgehead atoms. The first-order chi connectivity index (χ1) is 16.5. The molecule has 10 heteroatoms. The molecule has 3 rings (SSSR count). The second kappa shape index (κ2) is 10.6. The molecule has 1 amide bonds. The summed E-state index contributed by atoms with van der Waals surface area (Å²) in [6, 6.07) is 13.3. The minimum absolute atomic E-state index is 0.0837. The number of aromatic nitrogens is 2. The molecule has 1 aromatic heterocycles. The second-order valence-electron chi connectivity index (χ2n) is 8.66. The zero-order valence-corrected chi connectivity index (χ0v) is 19.4. The van der Waals surface area contributed by atoms with Crippen LogP contribution in [0.4, 0.5) is 24.7 Å². The quantitative estimate of drug-likeness (QED) is 0.504. The number of halogens is 3. The topological polar surface area (TPSA) is 101 Å². The van der Waals surface area contributed by atoms with Gasteiger partial charge in [0.25, 0.3) is 5.56 Å². The molecule has 186 valence electrons. The summed E-state index contributed by atoms with van der Waals surface area (Å²) < 4.78 is 39.8. The first-order valence-corrected chi connectivity index (χ1v) is 11.1. The molecule has 0 aliphatic carbocycles. The third-order valence-corrected chi connectivity index (χ3v) is 5.54. The van der Waals surface area contributed by atoms with E-state index >= 15 is 0 Å². The van der Waals surface area contributed by atoms with E-state index in [2.05, 4.69) is 4.98 Å². The Morgan fingerprint density at radius 1 is 1.03 bits per heavy atom. The Morgan fingerprint density at radius 3 is 2.23 bits per heavy atom. The molecule has 0 aliphatic heterocycles. The molecule has 0 unspecified atom stereocenters. The average Bonchev–Trinajstić information content (AvgIpc) is 2.79. The van der Waals surface area contributed by atoms with Gasteiger partial charge in [-0.05, 0) is 35.6 Å². The SMILES string of the molecule is CC(C)CCN(C(=O)Cc1ccc(C(F)(F)F)cc1)c1c(N)n(Cc2ccccc2)c(=O)[nH]c1=O. The van der Waals surface area contributed by atoms with Crippen molar-refractivity contribution >= 4 is 17.4 Å². The molecule has 2 aromatic carbocycles. The van der Waals surface area contributed by atoms with Gasteiger partial charge in [0.15, 0.2) is 5.69 Å². The molecule has 0 saturated heterocycles. The number of rotatable bonds is 8. The van der Waals surface area contributed by atoms with Gasteiger partial charge in [0.05, 0.1) is 18.5 Å². The van der Waals surface area contributed by atoms with Crippen LogP contribution in [0.1, 0.15) is 37.0 Å². The Bertz CT molecular complexity index is 1280. The maximum Gasteiger partial charge on any atom is 0.416 e. The monoisotopic (exact) mass is 488 g/mol. The molecule has 3 aromatic rings. The Balaban J connectivity index is 1.98. The van der Waals surface area contributed by atoms with Crippen LogP contribution in [0.5, 0.6) is 0 Å². The number of nitrogens with zero attached hydrogens (tertiary/aromatic N) is 2. The highest BCUT2D eigenvalue weighted by molar-refractivity contribution is 5.96. The number of benzene rings is 2. The van der Waals surface area contributed by atoms with Gasteiger partial charge in [-0.3, -0.25) is 19.1 Å². The highest BCUT2D eigenvalue weighted by Gasteiger charge is 2.30. The Hall–Kier alpha value is -3.82. The fraction of sp³-hybridized carbons (Fsp3) is 0.320. The van der Waals surface area contributed by atoms with Gasteiger partial charge in [0.2, 0.25) is 5.91 Å². The fourth-order valence-corrected chi connectivity index (χ4v) is 3.59. The lowest BCUT2D eigenvalue weighted by Gasteiger charge is -2.25. The first-order valence-electron chi connectivity index (χ1n) is 11.1. The van der Waals surface area contributed by atoms with Crippen molar-refractivity contribution < 1.29 is 18.0 Å². The number of alkyl halides is 3. The minimum Gasteiger partial charge on any atom is -0.383 e. The van der Waals surface area contributed by atoms with Crippen LogP contribution >= 0.6 is 0 Å². The predicted molar refractivity (Wildman–Crippen MR) is 128 cm³/mol. The van der Waals surface area contributed by atoms with Crippen LogP contribution in [0, 0.1) is 5.92 Å². The van der Waals surface area contributed by atoms with Gasteiger partial charge >= 0.3 is 11.9 Å². The normalized spacial score (nSPS) is 11.6. The number of hydrogen-bond donors (Lipinski definition) is 2. The molecule has 0 atom stereocenters. The van der Waals surface area contributed by atoms with Crippen molar-refractivity contribution in [2.45, 2.75) is 39.4 Å². The lowest BCUT2D eigenvalue weighted by Crippen LogP contribution is -2.42. The summed E-state index contributed by atoms with van der Waals surface area (Å²) in [7, 11) is 0. The van der Waals surface area contributed by atoms with Crippen molar-refractivity contribution in [2.24, 2.45) is 5.92 Å².